The predicted molar refractivity (Wildman–Crippen MR) is 259 cm³/mol. The second-order valence-corrected chi connectivity index (χ2v) is 20.7. The molecule has 0 aliphatic rings. The van der Waals surface area contributed by atoms with Crippen molar-refractivity contribution in [3.63, 3.8) is 0 Å². The van der Waals surface area contributed by atoms with Crippen molar-refractivity contribution < 1.29 is 37.3 Å². The number of quaternary nitrogens is 1. The summed E-state index contributed by atoms with van der Waals surface area (Å²) in [6, 6.07) is 0. The van der Waals surface area contributed by atoms with E-state index >= 15 is 0 Å². The van der Waals surface area contributed by atoms with E-state index in [0.29, 0.717) is 17.4 Å². The molecule has 0 aromatic heterocycles. The molecule has 0 amide bonds. The van der Waals surface area contributed by atoms with Crippen LogP contribution in [0.1, 0.15) is 264 Å². The van der Waals surface area contributed by atoms with Crippen LogP contribution < -0.4 is 4.89 Å². The molecule has 0 heterocycles. The van der Waals surface area contributed by atoms with Crippen LogP contribution in [0.15, 0.2) is 12.3 Å². The third-order valence-corrected chi connectivity index (χ3v) is 12.9. The SMILES string of the molecule is CCCCCCCCCCCCCCCCCC/C=C/OC[C@H](COP(=O)([O-])OCC[N+](C)(C)C)OC(=O)CCCCCCCCCCCCCCCCCCCCCCC. The highest BCUT2D eigenvalue weighted by Gasteiger charge is 2.20. The highest BCUT2D eigenvalue weighted by Crippen LogP contribution is 2.38. The molecule has 8 nitrogen and oxygen atoms in total. The number of hydrogen-bond donors (Lipinski definition) is 0. The summed E-state index contributed by atoms with van der Waals surface area (Å²) in [6.45, 7) is 4.80. The van der Waals surface area contributed by atoms with Gasteiger partial charge in [-0.3, -0.25) is 9.36 Å². The minimum absolute atomic E-state index is 0.0206. The van der Waals surface area contributed by atoms with Gasteiger partial charge in [0, 0.05) is 6.42 Å². The van der Waals surface area contributed by atoms with E-state index in [2.05, 4.69) is 13.8 Å². The van der Waals surface area contributed by atoms with Crippen LogP contribution in [0.4, 0.5) is 0 Å². The van der Waals surface area contributed by atoms with Crippen molar-refractivity contribution in [3.8, 4) is 0 Å². The molecule has 61 heavy (non-hydrogen) atoms. The number of nitrogens with zero attached hydrogens (tertiary/aromatic N) is 1. The molecule has 0 radical (unpaired) electrons. The normalized spacial score (nSPS) is 13.5. The summed E-state index contributed by atoms with van der Waals surface area (Å²) in [6.07, 6.45) is 53.3. The molecule has 364 valence electrons. The molecule has 2 atom stereocenters. The van der Waals surface area contributed by atoms with Crippen LogP contribution in [0.3, 0.4) is 0 Å². The average Bonchev–Trinajstić information content (AvgIpc) is 3.22. The zero-order valence-electron chi connectivity index (χ0n) is 41.4. The van der Waals surface area contributed by atoms with Crippen LogP contribution in [-0.4, -0.2) is 64.1 Å². The highest BCUT2D eigenvalue weighted by molar-refractivity contribution is 7.45. The minimum atomic E-state index is -4.54. The highest BCUT2D eigenvalue weighted by atomic mass is 31.2. The summed E-state index contributed by atoms with van der Waals surface area (Å²) in [5, 5.41) is 0. The molecule has 0 rings (SSSR count). The van der Waals surface area contributed by atoms with E-state index in [1.54, 1.807) is 6.26 Å². The number of allylic oxidation sites excluding steroid dienone is 1. The quantitative estimate of drug-likeness (QED) is 0.0197. The van der Waals surface area contributed by atoms with Gasteiger partial charge in [0.05, 0.1) is 34.0 Å². The monoisotopic (exact) mass is 886 g/mol. The van der Waals surface area contributed by atoms with Gasteiger partial charge < -0.3 is 27.9 Å². The van der Waals surface area contributed by atoms with E-state index in [1.165, 1.54) is 212 Å². The number of phosphoric acid groups is 1. The molecule has 0 aromatic carbocycles. The lowest BCUT2D eigenvalue weighted by Gasteiger charge is -2.28. The number of ether oxygens (including phenoxy) is 2. The standard InChI is InChI=1S/C52H104NO7P/c1-6-8-10-12-14-16-18-20-22-24-26-27-28-29-31-33-35-37-39-41-43-45-52(54)60-51(50-59-61(55,56)58-48-46-53(3,4)5)49-57-47-44-42-40-38-36-34-32-30-25-23-21-19-17-15-13-11-9-7-2/h44,47,51H,6-43,45-46,48-50H2,1-5H3/b47-44+/t51-/m1/s1. The summed E-state index contributed by atoms with van der Waals surface area (Å²) in [4.78, 5) is 25.2. The first-order chi connectivity index (χ1) is 29.6. The Labute approximate surface area is 380 Å². The molecule has 0 aliphatic heterocycles. The summed E-state index contributed by atoms with van der Waals surface area (Å²) in [7, 11) is 1.34. The van der Waals surface area contributed by atoms with Crippen LogP contribution in [0, 0.1) is 0 Å². The van der Waals surface area contributed by atoms with Crippen molar-refractivity contribution >= 4 is 13.8 Å². The molecule has 0 saturated carbocycles. The van der Waals surface area contributed by atoms with Crippen LogP contribution in [0.5, 0.6) is 0 Å². The van der Waals surface area contributed by atoms with E-state index in [0.717, 1.165) is 32.1 Å². The van der Waals surface area contributed by atoms with Crippen molar-refractivity contribution in [2.24, 2.45) is 0 Å². The summed E-state index contributed by atoms with van der Waals surface area (Å²) in [5.41, 5.74) is 0. The lowest BCUT2D eigenvalue weighted by atomic mass is 10.0. The molecule has 0 spiro atoms. The number of hydrogen-bond acceptors (Lipinski definition) is 7. The van der Waals surface area contributed by atoms with Gasteiger partial charge >= 0.3 is 5.97 Å². The first-order valence-corrected chi connectivity index (χ1v) is 27.9. The van der Waals surface area contributed by atoms with Gasteiger partial charge in [-0.2, -0.15) is 0 Å². The maximum absolute atomic E-state index is 12.7. The van der Waals surface area contributed by atoms with E-state index < -0.39 is 13.9 Å². The zero-order chi connectivity index (χ0) is 44.8. The molecule has 1 unspecified atom stereocenters. The molecule has 0 aliphatic carbocycles. The molecular formula is C52H104NO7P. The van der Waals surface area contributed by atoms with Gasteiger partial charge in [0.2, 0.25) is 0 Å². The Morgan fingerprint density at radius 1 is 0.508 bits per heavy atom. The van der Waals surface area contributed by atoms with E-state index in [1.807, 2.05) is 27.2 Å². The average molecular weight is 886 g/mol. The van der Waals surface area contributed by atoms with Gasteiger partial charge in [-0.15, -0.1) is 0 Å². The van der Waals surface area contributed by atoms with Gasteiger partial charge in [-0.25, -0.2) is 0 Å². The van der Waals surface area contributed by atoms with Crippen molar-refractivity contribution in [1.82, 2.24) is 0 Å². The Balaban J connectivity index is 4.12. The van der Waals surface area contributed by atoms with E-state index in [9.17, 15) is 14.3 Å². The Bertz CT molecular complexity index is 987. The topological polar surface area (TPSA) is 94.1 Å². The third kappa shape index (κ3) is 49.9. The molecular weight excluding hydrogens is 782 g/mol. The smallest absolute Gasteiger partial charge is 0.306 e. The first kappa shape index (κ1) is 60.1. The third-order valence-electron chi connectivity index (χ3n) is 11.9. The second-order valence-electron chi connectivity index (χ2n) is 19.3. The second kappa shape index (κ2) is 45.6. The molecule has 0 bridgehead atoms. The number of carbonyl (C=O) groups is 1. The van der Waals surface area contributed by atoms with Crippen LogP contribution in [0.25, 0.3) is 0 Å². The lowest BCUT2D eigenvalue weighted by Crippen LogP contribution is -2.37. The Morgan fingerprint density at radius 3 is 1.21 bits per heavy atom. The molecule has 9 heteroatoms. The van der Waals surface area contributed by atoms with Gasteiger partial charge in [0.25, 0.3) is 7.82 Å². The van der Waals surface area contributed by atoms with Crippen molar-refractivity contribution in [3.05, 3.63) is 12.3 Å². The summed E-state index contributed by atoms with van der Waals surface area (Å²) < 4.78 is 34.5. The number of unbranched alkanes of at least 4 members (excludes halogenated alkanes) is 36. The maximum Gasteiger partial charge on any atom is 0.306 e. The lowest BCUT2D eigenvalue weighted by molar-refractivity contribution is -0.870. The fourth-order valence-electron chi connectivity index (χ4n) is 7.81. The van der Waals surface area contributed by atoms with Crippen molar-refractivity contribution in [1.29, 1.82) is 0 Å². The van der Waals surface area contributed by atoms with Crippen molar-refractivity contribution in [2.75, 3.05) is 47.5 Å². The largest absolute Gasteiger partial charge is 0.756 e. The number of carbonyl (C=O) groups excluding carboxylic acids is 1. The predicted octanol–water partition coefficient (Wildman–Crippen LogP) is 15.9. The maximum atomic E-state index is 12.7. The van der Waals surface area contributed by atoms with Gasteiger partial charge in [-0.1, -0.05) is 239 Å². The Morgan fingerprint density at radius 2 is 0.852 bits per heavy atom. The summed E-state index contributed by atoms with van der Waals surface area (Å²) in [5.74, 6) is -0.348. The molecule has 0 aromatic rings. The Kier molecular flexibility index (Phi) is 45.0. The van der Waals surface area contributed by atoms with Crippen LogP contribution in [-0.2, 0) is 27.9 Å². The van der Waals surface area contributed by atoms with Gasteiger partial charge in [-0.05, 0) is 25.3 Å². The summed E-state index contributed by atoms with van der Waals surface area (Å²) >= 11 is 0. The fourth-order valence-corrected chi connectivity index (χ4v) is 8.54. The first-order valence-electron chi connectivity index (χ1n) is 26.5. The van der Waals surface area contributed by atoms with E-state index in [4.69, 9.17) is 18.5 Å². The van der Waals surface area contributed by atoms with Crippen LogP contribution in [0.2, 0.25) is 0 Å². The van der Waals surface area contributed by atoms with Gasteiger partial charge in [0.15, 0.2) is 6.10 Å². The van der Waals surface area contributed by atoms with Gasteiger partial charge in [0.1, 0.15) is 19.8 Å². The van der Waals surface area contributed by atoms with E-state index in [-0.39, 0.29) is 25.8 Å². The number of likely N-dealkylation sites (N-methyl/N-ethyl adjacent to an activating group) is 1. The number of esters is 1. The fraction of sp³-hybridized carbons (Fsp3) is 0.942. The van der Waals surface area contributed by atoms with Crippen LogP contribution >= 0.6 is 7.82 Å². The number of phosphoric ester groups is 1. The minimum Gasteiger partial charge on any atom is -0.756 e. The number of rotatable bonds is 50. The van der Waals surface area contributed by atoms with Crippen molar-refractivity contribution in [2.45, 2.75) is 270 Å². The Hall–Kier alpha value is -0.920. The zero-order valence-corrected chi connectivity index (χ0v) is 42.3. The molecule has 0 saturated heterocycles. The molecule has 0 fully saturated rings. The molecule has 0 N–H and O–H groups in total.